The third kappa shape index (κ3) is 9.66. The summed E-state index contributed by atoms with van der Waals surface area (Å²) in [4.78, 5) is 17.7. The van der Waals surface area contributed by atoms with Gasteiger partial charge in [0.2, 0.25) is 5.91 Å². The minimum absolute atomic E-state index is 0. The highest BCUT2D eigenvalue weighted by Crippen LogP contribution is 2.27. The lowest BCUT2D eigenvalue weighted by Gasteiger charge is -2.30. The van der Waals surface area contributed by atoms with Crippen LogP contribution in [0, 0.1) is 5.92 Å². The zero-order valence-corrected chi connectivity index (χ0v) is 18.0. The van der Waals surface area contributed by atoms with Gasteiger partial charge in [-0.3, -0.25) is 4.79 Å². The van der Waals surface area contributed by atoms with Gasteiger partial charge in [-0.2, -0.15) is 0 Å². The van der Waals surface area contributed by atoms with Crippen molar-refractivity contribution in [2.75, 3.05) is 40.9 Å². The molecule has 1 rings (SSSR count). The number of guanidine groups is 1. The first-order valence-electron chi connectivity index (χ1n) is 8.80. The Morgan fingerprint density at radius 2 is 1.92 bits per heavy atom. The van der Waals surface area contributed by atoms with Gasteiger partial charge >= 0.3 is 0 Å². The predicted molar refractivity (Wildman–Crippen MR) is 110 cm³/mol. The Labute approximate surface area is 164 Å². The molecule has 1 fully saturated rings. The quantitative estimate of drug-likeness (QED) is 0.256. The number of hydrogen-bond donors (Lipinski definition) is 2. The zero-order chi connectivity index (χ0) is 17.1. The summed E-state index contributed by atoms with van der Waals surface area (Å²) < 4.78 is 5.07. The number of carbonyl (C=O) groups excluding carboxylic acids is 1. The Bertz CT molecular complexity index is 370. The van der Waals surface area contributed by atoms with Crippen molar-refractivity contribution in [2.45, 2.75) is 51.5 Å². The van der Waals surface area contributed by atoms with E-state index in [1.807, 2.05) is 0 Å². The van der Waals surface area contributed by atoms with Gasteiger partial charge in [0.05, 0.1) is 6.61 Å². The number of amides is 1. The predicted octanol–water partition coefficient (Wildman–Crippen LogP) is 2.23. The maximum Gasteiger partial charge on any atom is 0.243 e. The van der Waals surface area contributed by atoms with Crippen LogP contribution in [-0.4, -0.2) is 63.7 Å². The van der Waals surface area contributed by atoms with Crippen LogP contribution < -0.4 is 10.6 Å². The molecule has 0 aromatic carbocycles. The van der Waals surface area contributed by atoms with Crippen molar-refractivity contribution in [3.05, 3.63) is 0 Å². The summed E-state index contributed by atoms with van der Waals surface area (Å²) in [5, 5.41) is 6.73. The Morgan fingerprint density at radius 1 is 1.25 bits per heavy atom. The molecule has 2 N–H and O–H groups in total. The fourth-order valence-electron chi connectivity index (χ4n) is 2.91. The molecule has 24 heavy (non-hydrogen) atoms. The topological polar surface area (TPSA) is 66.0 Å². The largest absolute Gasteiger partial charge is 0.383 e. The van der Waals surface area contributed by atoms with Gasteiger partial charge in [-0.05, 0) is 31.6 Å². The van der Waals surface area contributed by atoms with Crippen LogP contribution in [0.5, 0.6) is 0 Å². The van der Waals surface area contributed by atoms with Crippen LogP contribution >= 0.6 is 24.0 Å². The summed E-state index contributed by atoms with van der Waals surface area (Å²) in [6.07, 6.45) is 7.55. The molecule has 0 bridgehead atoms. The van der Waals surface area contributed by atoms with Gasteiger partial charge in [0.15, 0.2) is 5.96 Å². The standard InChI is InChI=1S/C17H34N4O2.HI/c1-5-6-14-7-9-15(10-8-14)20-17(18-11-12-23-4)19-13-16(22)21(2)3;/h14-15H,5-13H2,1-4H3,(H2,18,19,20);1H. The molecule has 0 atom stereocenters. The number of rotatable bonds is 8. The van der Waals surface area contributed by atoms with Crippen LogP contribution in [-0.2, 0) is 9.53 Å². The molecule has 0 aliphatic heterocycles. The smallest absolute Gasteiger partial charge is 0.243 e. The Kier molecular flexibility index (Phi) is 13.4. The third-order valence-electron chi connectivity index (χ3n) is 4.35. The fourth-order valence-corrected chi connectivity index (χ4v) is 2.91. The number of aliphatic imine (C=N–C) groups is 1. The first kappa shape index (κ1) is 23.4. The number of nitrogens with zero attached hydrogens (tertiary/aromatic N) is 2. The van der Waals surface area contributed by atoms with Crippen molar-refractivity contribution in [1.29, 1.82) is 0 Å². The van der Waals surface area contributed by atoms with Gasteiger partial charge in [-0.1, -0.05) is 19.8 Å². The van der Waals surface area contributed by atoms with Crippen LogP contribution in [0.4, 0.5) is 0 Å². The lowest BCUT2D eigenvalue weighted by atomic mass is 9.83. The fraction of sp³-hybridized carbons (Fsp3) is 0.882. The second-order valence-corrected chi connectivity index (χ2v) is 6.52. The normalized spacial score (nSPS) is 20.9. The molecule has 7 heteroatoms. The molecule has 0 heterocycles. The van der Waals surface area contributed by atoms with Gasteiger partial charge < -0.3 is 20.3 Å². The van der Waals surface area contributed by atoms with Gasteiger partial charge in [0, 0.05) is 33.8 Å². The lowest BCUT2D eigenvalue weighted by molar-refractivity contribution is -0.127. The van der Waals surface area contributed by atoms with Crippen LogP contribution in [0.1, 0.15) is 45.4 Å². The molecule has 6 nitrogen and oxygen atoms in total. The Balaban J connectivity index is 0.00000529. The molecule has 0 aromatic heterocycles. The van der Waals surface area contributed by atoms with Crippen LogP contribution in [0.2, 0.25) is 0 Å². The van der Waals surface area contributed by atoms with E-state index in [2.05, 4.69) is 22.5 Å². The van der Waals surface area contributed by atoms with E-state index in [-0.39, 0.29) is 36.4 Å². The summed E-state index contributed by atoms with van der Waals surface area (Å²) >= 11 is 0. The van der Waals surface area contributed by atoms with Crippen molar-refractivity contribution in [1.82, 2.24) is 15.5 Å². The van der Waals surface area contributed by atoms with Gasteiger partial charge in [0.25, 0.3) is 0 Å². The molecule has 1 aliphatic rings. The van der Waals surface area contributed by atoms with Gasteiger partial charge in [0.1, 0.15) is 6.54 Å². The van der Waals surface area contributed by atoms with Crippen molar-refractivity contribution in [2.24, 2.45) is 10.9 Å². The van der Waals surface area contributed by atoms with Gasteiger partial charge in [-0.25, -0.2) is 4.99 Å². The summed E-state index contributed by atoms with van der Waals surface area (Å²) in [5.74, 6) is 1.61. The minimum Gasteiger partial charge on any atom is -0.383 e. The first-order valence-corrected chi connectivity index (χ1v) is 8.80. The van der Waals surface area contributed by atoms with Gasteiger partial charge in [-0.15, -0.1) is 24.0 Å². The summed E-state index contributed by atoms with van der Waals surface area (Å²) in [6.45, 7) is 3.73. The van der Waals surface area contributed by atoms with Crippen molar-refractivity contribution < 1.29 is 9.53 Å². The number of halogens is 1. The minimum atomic E-state index is 0. The Hall–Kier alpha value is -0.570. The van der Waals surface area contributed by atoms with E-state index in [0.29, 0.717) is 19.2 Å². The summed E-state index contributed by atoms with van der Waals surface area (Å²) in [5.41, 5.74) is 0. The molecule has 0 unspecified atom stereocenters. The molecular weight excluding hydrogens is 419 g/mol. The number of hydrogen-bond acceptors (Lipinski definition) is 3. The van der Waals surface area contributed by atoms with Crippen LogP contribution in [0.3, 0.4) is 0 Å². The number of ether oxygens (including phenoxy) is 1. The third-order valence-corrected chi connectivity index (χ3v) is 4.35. The average Bonchev–Trinajstić information content (AvgIpc) is 2.54. The van der Waals surface area contributed by atoms with Crippen molar-refractivity contribution in [3.63, 3.8) is 0 Å². The molecule has 1 aliphatic carbocycles. The second-order valence-electron chi connectivity index (χ2n) is 6.52. The van der Waals surface area contributed by atoms with E-state index in [0.717, 1.165) is 11.9 Å². The SMILES string of the molecule is CCCC1CCC(NC(=NCC(=O)N(C)C)NCCOC)CC1.I. The first-order chi connectivity index (χ1) is 11.1. The molecule has 0 saturated heterocycles. The van der Waals surface area contributed by atoms with Crippen LogP contribution in [0.15, 0.2) is 4.99 Å². The Morgan fingerprint density at radius 3 is 2.46 bits per heavy atom. The maximum atomic E-state index is 11.7. The van der Waals surface area contributed by atoms with E-state index in [4.69, 9.17) is 4.74 Å². The van der Waals surface area contributed by atoms with E-state index in [9.17, 15) is 4.79 Å². The molecule has 1 amide bonds. The molecule has 0 aromatic rings. The van der Waals surface area contributed by atoms with E-state index >= 15 is 0 Å². The monoisotopic (exact) mass is 454 g/mol. The summed E-state index contributed by atoms with van der Waals surface area (Å²) in [6, 6.07) is 0.450. The number of methoxy groups -OCH3 is 1. The maximum absolute atomic E-state index is 11.7. The molecule has 1 saturated carbocycles. The molecule has 142 valence electrons. The molecule has 0 radical (unpaired) electrons. The highest BCUT2D eigenvalue weighted by atomic mass is 127. The van der Waals surface area contributed by atoms with E-state index < -0.39 is 0 Å². The highest BCUT2D eigenvalue weighted by molar-refractivity contribution is 14.0. The van der Waals surface area contributed by atoms with E-state index in [1.165, 1.54) is 38.5 Å². The number of carbonyl (C=O) groups is 1. The number of likely N-dealkylation sites (N-methyl/N-ethyl adjacent to an activating group) is 1. The molecule has 0 spiro atoms. The molecular formula is C17H35IN4O2. The highest BCUT2D eigenvalue weighted by Gasteiger charge is 2.21. The zero-order valence-electron chi connectivity index (χ0n) is 15.6. The lowest BCUT2D eigenvalue weighted by Crippen LogP contribution is -2.46. The second kappa shape index (κ2) is 13.7. The number of nitrogens with one attached hydrogen (secondary N) is 2. The van der Waals surface area contributed by atoms with Crippen molar-refractivity contribution >= 4 is 35.8 Å². The average molecular weight is 454 g/mol. The van der Waals surface area contributed by atoms with E-state index in [1.54, 1.807) is 26.1 Å². The van der Waals surface area contributed by atoms with Crippen molar-refractivity contribution in [3.8, 4) is 0 Å². The van der Waals surface area contributed by atoms with Crippen LogP contribution in [0.25, 0.3) is 0 Å². The summed E-state index contributed by atoms with van der Waals surface area (Å²) in [7, 11) is 5.17.